The van der Waals surface area contributed by atoms with Crippen LogP contribution < -0.4 is 5.32 Å². The van der Waals surface area contributed by atoms with E-state index in [1.54, 1.807) is 6.33 Å². The molecule has 1 aromatic heterocycles. The normalized spacial score (nSPS) is 28.4. The van der Waals surface area contributed by atoms with E-state index in [0.29, 0.717) is 6.04 Å². The number of hydrogen-bond acceptors (Lipinski definition) is 6. The fourth-order valence-electron chi connectivity index (χ4n) is 4.74. The van der Waals surface area contributed by atoms with Gasteiger partial charge in [-0.05, 0) is 45.4 Å². The Kier molecular flexibility index (Phi) is 5.17. The summed E-state index contributed by atoms with van der Waals surface area (Å²) in [6.07, 6.45) is 4.46. The zero-order chi connectivity index (χ0) is 18.1. The number of morpholine rings is 1. The number of rotatable bonds is 6. The van der Waals surface area contributed by atoms with Gasteiger partial charge >= 0.3 is 0 Å². The summed E-state index contributed by atoms with van der Waals surface area (Å²) in [5.41, 5.74) is 1.21. The third-order valence-electron chi connectivity index (χ3n) is 6.28. The number of likely N-dealkylation sites (tertiary alicyclic amines) is 1. The van der Waals surface area contributed by atoms with Crippen molar-refractivity contribution in [2.45, 2.75) is 45.2 Å². The molecule has 3 fully saturated rings. The van der Waals surface area contributed by atoms with Crippen molar-refractivity contribution in [1.82, 2.24) is 19.8 Å². The number of nitrogens with one attached hydrogen (secondary N) is 1. The van der Waals surface area contributed by atoms with E-state index in [4.69, 9.17) is 4.74 Å². The first kappa shape index (κ1) is 18.1. The van der Waals surface area contributed by atoms with Crippen molar-refractivity contribution in [2.75, 3.05) is 51.3 Å². The van der Waals surface area contributed by atoms with Gasteiger partial charge in [0.05, 0.1) is 13.2 Å². The van der Waals surface area contributed by atoms with E-state index in [0.717, 1.165) is 62.7 Å². The Morgan fingerprint density at radius 2 is 1.96 bits per heavy atom. The Labute approximate surface area is 157 Å². The molecule has 4 rings (SSSR count). The maximum absolute atomic E-state index is 5.54. The maximum Gasteiger partial charge on any atom is 0.129 e. The summed E-state index contributed by atoms with van der Waals surface area (Å²) in [5, 5.41) is 3.72. The van der Waals surface area contributed by atoms with Crippen LogP contribution in [0.5, 0.6) is 0 Å². The van der Waals surface area contributed by atoms with Gasteiger partial charge in [-0.2, -0.15) is 0 Å². The lowest BCUT2D eigenvalue weighted by atomic mass is 9.98. The second kappa shape index (κ2) is 7.41. The van der Waals surface area contributed by atoms with E-state index >= 15 is 0 Å². The predicted molar refractivity (Wildman–Crippen MR) is 103 cm³/mol. The van der Waals surface area contributed by atoms with Crippen molar-refractivity contribution >= 4 is 5.82 Å². The van der Waals surface area contributed by atoms with E-state index < -0.39 is 0 Å². The van der Waals surface area contributed by atoms with Crippen molar-refractivity contribution in [2.24, 2.45) is 11.8 Å². The van der Waals surface area contributed by atoms with Crippen LogP contribution in [0.3, 0.4) is 0 Å². The second-order valence-electron chi connectivity index (χ2n) is 8.90. The quantitative estimate of drug-likeness (QED) is 0.839. The van der Waals surface area contributed by atoms with Gasteiger partial charge in [-0.15, -0.1) is 0 Å². The topological polar surface area (TPSA) is 53.5 Å². The zero-order valence-corrected chi connectivity index (χ0v) is 16.4. The molecule has 0 amide bonds. The molecule has 1 N–H and O–H groups in total. The van der Waals surface area contributed by atoms with Gasteiger partial charge in [0, 0.05) is 56.1 Å². The second-order valence-corrected chi connectivity index (χ2v) is 8.90. The molecule has 144 valence electrons. The lowest BCUT2D eigenvalue weighted by Gasteiger charge is -2.43. The van der Waals surface area contributed by atoms with E-state index in [1.807, 2.05) is 6.92 Å². The Balaban J connectivity index is 1.40. The highest BCUT2D eigenvalue weighted by molar-refractivity contribution is 5.36. The molecule has 6 heteroatoms. The number of anilines is 1. The van der Waals surface area contributed by atoms with E-state index in [1.165, 1.54) is 19.4 Å². The highest BCUT2D eigenvalue weighted by Crippen LogP contribution is 2.42. The monoisotopic (exact) mass is 359 g/mol. The Morgan fingerprint density at radius 3 is 2.65 bits per heavy atom. The molecule has 0 bridgehead atoms. The van der Waals surface area contributed by atoms with Crippen LogP contribution in [0, 0.1) is 18.8 Å². The van der Waals surface area contributed by atoms with Gasteiger partial charge in [0.25, 0.3) is 0 Å². The van der Waals surface area contributed by atoms with Gasteiger partial charge < -0.3 is 10.1 Å². The molecule has 6 nitrogen and oxygen atoms in total. The first-order valence-electron chi connectivity index (χ1n) is 10.1. The molecule has 3 heterocycles. The molecule has 0 aromatic carbocycles. The first-order chi connectivity index (χ1) is 12.5. The average molecular weight is 360 g/mol. The van der Waals surface area contributed by atoms with Crippen LogP contribution in [0.1, 0.15) is 32.4 Å². The fourth-order valence-corrected chi connectivity index (χ4v) is 4.74. The lowest BCUT2D eigenvalue weighted by molar-refractivity contribution is -0.0199. The van der Waals surface area contributed by atoms with Gasteiger partial charge in [0.15, 0.2) is 0 Å². The van der Waals surface area contributed by atoms with Gasteiger partial charge in [-0.3, -0.25) is 9.80 Å². The summed E-state index contributed by atoms with van der Waals surface area (Å²) in [5.74, 6) is 2.61. The summed E-state index contributed by atoms with van der Waals surface area (Å²) in [6.45, 7) is 14.1. The molecular formula is C20H33N5O. The third-order valence-corrected chi connectivity index (χ3v) is 6.28. The molecule has 26 heavy (non-hydrogen) atoms. The van der Waals surface area contributed by atoms with Crippen LogP contribution in [0.2, 0.25) is 0 Å². The molecule has 2 saturated heterocycles. The highest BCUT2D eigenvalue weighted by atomic mass is 16.5. The lowest BCUT2D eigenvalue weighted by Crippen LogP contribution is -2.55. The van der Waals surface area contributed by atoms with E-state index in [2.05, 4.69) is 45.0 Å². The van der Waals surface area contributed by atoms with Crippen molar-refractivity contribution in [1.29, 1.82) is 0 Å². The first-order valence-corrected chi connectivity index (χ1v) is 10.1. The summed E-state index contributed by atoms with van der Waals surface area (Å²) in [6, 6.07) is 2.56. The number of ether oxygens (including phenoxy) is 1. The number of aromatic nitrogens is 2. The molecule has 0 radical (unpaired) electrons. The van der Waals surface area contributed by atoms with Crippen molar-refractivity contribution in [3.63, 3.8) is 0 Å². The molecular weight excluding hydrogens is 326 g/mol. The van der Waals surface area contributed by atoms with E-state index in [9.17, 15) is 0 Å². The number of aryl methyl sites for hydroxylation is 1. The molecule has 2 aliphatic heterocycles. The Morgan fingerprint density at radius 1 is 1.19 bits per heavy atom. The van der Waals surface area contributed by atoms with Crippen LogP contribution in [-0.4, -0.2) is 77.3 Å². The molecule has 0 spiro atoms. The van der Waals surface area contributed by atoms with Crippen LogP contribution in [0.4, 0.5) is 5.82 Å². The summed E-state index contributed by atoms with van der Waals surface area (Å²) in [4.78, 5) is 13.9. The highest BCUT2D eigenvalue weighted by Gasteiger charge is 2.44. The van der Waals surface area contributed by atoms with Gasteiger partial charge in [-0.1, -0.05) is 0 Å². The molecule has 1 saturated carbocycles. The Hall–Kier alpha value is -1.24. The van der Waals surface area contributed by atoms with Crippen LogP contribution in [0.25, 0.3) is 0 Å². The van der Waals surface area contributed by atoms with Crippen LogP contribution in [0.15, 0.2) is 12.4 Å². The SMILES string of the molecule is Cc1cc(N[C@H]2CN(CC(C)(C)N3CCOCC3)C[C@@H]2C2CC2)ncn1. The van der Waals surface area contributed by atoms with Crippen LogP contribution >= 0.6 is 0 Å². The standard InChI is InChI=1S/C20H33N5O/c1-15-10-19(22-14-21-15)23-18-12-24(11-17(18)16-4-5-16)13-20(2,3)25-6-8-26-9-7-25/h10,14,16-18H,4-9,11-13H2,1-3H3,(H,21,22,23)/t17-,18+/m1/s1. The smallest absolute Gasteiger partial charge is 0.129 e. The summed E-state index contributed by atoms with van der Waals surface area (Å²) in [7, 11) is 0. The number of hydrogen-bond donors (Lipinski definition) is 1. The summed E-state index contributed by atoms with van der Waals surface area (Å²) < 4.78 is 5.54. The van der Waals surface area contributed by atoms with Crippen molar-refractivity contribution in [3.05, 3.63) is 18.1 Å². The van der Waals surface area contributed by atoms with Crippen molar-refractivity contribution in [3.8, 4) is 0 Å². The fraction of sp³-hybridized carbons (Fsp3) is 0.800. The largest absolute Gasteiger partial charge is 0.379 e. The van der Waals surface area contributed by atoms with E-state index in [-0.39, 0.29) is 5.54 Å². The summed E-state index contributed by atoms with van der Waals surface area (Å²) >= 11 is 0. The number of nitrogens with zero attached hydrogens (tertiary/aromatic N) is 4. The minimum absolute atomic E-state index is 0.193. The molecule has 0 unspecified atom stereocenters. The van der Waals surface area contributed by atoms with Gasteiger partial charge in [0.1, 0.15) is 12.1 Å². The maximum atomic E-state index is 5.54. The molecule has 3 aliphatic rings. The molecule has 1 aromatic rings. The van der Waals surface area contributed by atoms with Gasteiger partial charge in [-0.25, -0.2) is 9.97 Å². The average Bonchev–Trinajstić information content (AvgIpc) is 3.38. The molecule has 1 aliphatic carbocycles. The third kappa shape index (κ3) is 4.18. The minimum Gasteiger partial charge on any atom is -0.379 e. The van der Waals surface area contributed by atoms with Gasteiger partial charge in [0.2, 0.25) is 0 Å². The Bertz CT molecular complexity index is 612. The van der Waals surface area contributed by atoms with Crippen LogP contribution in [-0.2, 0) is 4.74 Å². The molecule has 2 atom stereocenters. The zero-order valence-electron chi connectivity index (χ0n) is 16.4. The predicted octanol–water partition coefficient (Wildman–Crippen LogP) is 2.02. The van der Waals surface area contributed by atoms with Crippen molar-refractivity contribution < 1.29 is 4.74 Å². The minimum atomic E-state index is 0.193.